The Kier molecular flexibility index (Phi) is 4.72. The summed E-state index contributed by atoms with van der Waals surface area (Å²) in [5.74, 6) is 0.306. The summed E-state index contributed by atoms with van der Waals surface area (Å²) >= 11 is 0. The molecule has 1 amide bonds. The SMILES string of the molecule is CNc1cc([C@H]2CCCN2C(=O)CCC(=O)O)nc(C)n1. The van der Waals surface area contributed by atoms with E-state index in [4.69, 9.17) is 5.11 Å². The normalized spacial score (nSPS) is 17.8. The first-order valence-corrected chi connectivity index (χ1v) is 7.06. The number of rotatable bonds is 5. The Balaban J connectivity index is 2.16. The topological polar surface area (TPSA) is 95.4 Å². The lowest BCUT2D eigenvalue weighted by Gasteiger charge is -2.24. The van der Waals surface area contributed by atoms with Gasteiger partial charge in [0.1, 0.15) is 11.6 Å². The number of aryl methyl sites for hydroxylation is 1. The zero-order chi connectivity index (χ0) is 15.4. The van der Waals surface area contributed by atoms with Gasteiger partial charge in [-0.15, -0.1) is 0 Å². The van der Waals surface area contributed by atoms with Crippen LogP contribution in [0.15, 0.2) is 6.07 Å². The lowest BCUT2D eigenvalue weighted by molar-refractivity contribution is -0.141. The molecule has 1 aromatic heterocycles. The summed E-state index contributed by atoms with van der Waals surface area (Å²) in [6.07, 6.45) is 1.65. The fourth-order valence-corrected chi connectivity index (χ4v) is 2.62. The molecule has 1 aliphatic heterocycles. The average Bonchev–Trinajstić information content (AvgIpc) is 2.93. The Morgan fingerprint density at radius 2 is 2.19 bits per heavy atom. The van der Waals surface area contributed by atoms with Gasteiger partial charge >= 0.3 is 5.97 Å². The average molecular weight is 292 g/mol. The molecular weight excluding hydrogens is 272 g/mol. The van der Waals surface area contributed by atoms with Crippen LogP contribution in [0.3, 0.4) is 0 Å². The van der Waals surface area contributed by atoms with Crippen LogP contribution in [-0.2, 0) is 9.59 Å². The predicted molar refractivity (Wildman–Crippen MR) is 76.9 cm³/mol. The summed E-state index contributed by atoms with van der Waals surface area (Å²) in [6.45, 7) is 2.47. The molecule has 0 saturated carbocycles. The second-order valence-electron chi connectivity index (χ2n) is 5.11. The molecule has 1 saturated heterocycles. The van der Waals surface area contributed by atoms with Gasteiger partial charge in [-0.25, -0.2) is 9.97 Å². The lowest BCUT2D eigenvalue weighted by atomic mass is 10.1. The van der Waals surface area contributed by atoms with E-state index >= 15 is 0 Å². The van der Waals surface area contributed by atoms with Gasteiger partial charge in [0, 0.05) is 26.1 Å². The number of carbonyl (C=O) groups excluding carboxylic acids is 1. The van der Waals surface area contributed by atoms with Crippen LogP contribution in [0.25, 0.3) is 0 Å². The van der Waals surface area contributed by atoms with Gasteiger partial charge in [0.15, 0.2) is 0 Å². The maximum absolute atomic E-state index is 12.2. The number of carbonyl (C=O) groups is 2. The van der Waals surface area contributed by atoms with Crippen LogP contribution in [0.1, 0.15) is 43.2 Å². The first-order valence-electron chi connectivity index (χ1n) is 7.06. The van der Waals surface area contributed by atoms with Crippen LogP contribution < -0.4 is 5.32 Å². The van der Waals surface area contributed by atoms with E-state index in [0.717, 1.165) is 24.4 Å². The van der Waals surface area contributed by atoms with Crippen molar-refractivity contribution in [1.82, 2.24) is 14.9 Å². The Morgan fingerprint density at radius 3 is 2.86 bits per heavy atom. The van der Waals surface area contributed by atoms with Gasteiger partial charge in [-0.1, -0.05) is 0 Å². The van der Waals surface area contributed by atoms with E-state index < -0.39 is 5.97 Å². The van der Waals surface area contributed by atoms with E-state index in [1.165, 1.54) is 0 Å². The number of hydrogen-bond donors (Lipinski definition) is 2. The van der Waals surface area contributed by atoms with E-state index in [0.29, 0.717) is 12.4 Å². The number of aromatic nitrogens is 2. The number of aliphatic carboxylic acids is 1. The van der Waals surface area contributed by atoms with Gasteiger partial charge in [0.25, 0.3) is 0 Å². The smallest absolute Gasteiger partial charge is 0.303 e. The molecule has 0 bridgehead atoms. The van der Waals surface area contributed by atoms with E-state index in [-0.39, 0.29) is 24.8 Å². The van der Waals surface area contributed by atoms with E-state index in [9.17, 15) is 9.59 Å². The molecule has 0 aliphatic carbocycles. The number of carboxylic acids is 1. The van der Waals surface area contributed by atoms with Gasteiger partial charge in [-0.2, -0.15) is 0 Å². The van der Waals surface area contributed by atoms with Gasteiger partial charge in [-0.3, -0.25) is 9.59 Å². The first-order chi connectivity index (χ1) is 10.0. The highest BCUT2D eigenvalue weighted by Crippen LogP contribution is 2.32. The minimum atomic E-state index is -0.950. The molecule has 7 nitrogen and oxygen atoms in total. The van der Waals surface area contributed by atoms with Crippen LogP contribution in [0.2, 0.25) is 0 Å². The Bertz CT molecular complexity index is 547. The molecule has 1 aliphatic rings. The van der Waals surface area contributed by atoms with Crippen LogP contribution >= 0.6 is 0 Å². The highest BCUT2D eigenvalue weighted by molar-refractivity contribution is 5.81. The summed E-state index contributed by atoms with van der Waals surface area (Å²) in [7, 11) is 1.79. The second kappa shape index (κ2) is 6.51. The molecule has 7 heteroatoms. The molecule has 2 heterocycles. The number of hydrogen-bond acceptors (Lipinski definition) is 5. The van der Waals surface area contributed by atoms with Crippen molar-refractivity contribution in [3.05, 3.63) is 17.6 Å². The minimum Gasteiger partial charge on any atom is -0.481 e. The maximum atomic E-state index is 12.2. The summed E-state index contributed by atoms with van der Waals surface area (Å²) in [5, 5.41) is 11.7. The van der Waals surface area contributed by atoms with Crippen molar-refractivity contribution in [3.8, 4) is 0 Å². The largest absolute Gasteiger partial charge is 0.481 e. The summed E-state index contributed by atoms with van der Waals surface area (Å²) in [6, 6.07) is 1.76. The molecule has 0 unspecified atom stereocenters. The van der Waals surface area contributed by atoms with Gasteiger partial charge in [-0.05, 0) is 19.8 Å². The van der Waals surface area contributed by atoms with Crippen molar-refractivity contribution in [2.75, 3.05) is 18.9 Å². The van der Waals surface area contributed by atoms with E-state index in [1.807, 2.05) is 13.0 Å². The number of nitrogens with one attached hydrogen (secondary N) is 1. The third kappa shape index (κ3) is 3.68. The monoisotopic (exact) mass is 292 g/mol. The molecule has 0 spiro atoms. The van der Waals surface area contributed by atoms with Crippen molar-refractivity contribution in [3.63, 3.8) is 0 Å². The van der Waals surface area contributed by atoms with Gasteiger partial charge < -0.3 is 15.3 Å². The molecule has 1 aromatic rings. The summed E-state index contributed by atoms with van der Waals surface area (Å²) in [5.41, 5.74) is 0.813. The molecule has 2 rings (SSSR count). The Morgan fingerprint density at radius 1 is 1.43 bits per heavy atom. The fraction of sp³-hybridized carbons (Fsp3) is 0.571. The lowest BCUT2D eigenvalue weighted by Crippen LogP contribution is -2.31. The number of amides is 1. The van der Waals surface area contributed by atoms with Crippen molar-refractivity contribution in [2.24, 2.45) is 0 Å². The van der Waals surface area contributed by atoms with Crippen molar-refractivity contribution in [2.45, 2.75) is 38.6 Å². The zero-order valence-electron chi connectivity index (χ0n) is 12.3. The Hall–Kier alpha value is -2.18. The highest BCUT2D eigenvalue weighted by Gasteiger charge is 2.31. The molecule has 1 atom stereocenters. The predicted octanol–water partition coefficient (Wildman–Crippen LogP) is 1.36. The highest BCUT2D eigenvalue weighted by atomic mass is 16.4. The standard InChI is InChI=1S/C14H20N4O3/c1-9-16-10(8-12(15-2)17-9)11-4-3-7-18(11)13(19)5-6-14(20)21/h8,11H,3-7H2,1-2H3,(H,20,21)(H,15,16,17)/t11-/m1/s1. The summed E-state index contributed by atoms with van der Waals surface area (Å²) < 4.78 is 0. The van der Waals surface area contributed by atoms with E-state index in [1.54, 1.807) is 11.9 Å². The minimum absolute atomic E-state index is 0.0365. The van der Waals surface area contributed by atoms with Gasteiger partial charge in [0.05, 0.1) is 18.2 Å². The number of nitrogens with zero attached hydrogens (tertiary/aromatic N) is 3. The van der Waals surface area contributed by atoms with Crippen molar-refractivity contribution in [1.29, 1.82) is 0 Å². The second-order valence-corrected chi connectivity index (χ2v) is 5.11. The van der Waals surface area contributed by atoms with E-state index in [2.05, 4.69) is 15.3 Å². The number of likely N-dealkylation sites (tertiary alicyclic amines) is 1. The number of anilines is 1. The molecular formula is C14H20N4O3. The van der Waals surface area contributed by atoms with Crippen LogP contribution in [0, 0.1) is 6.92 Å². The Labute approximate surface area is 123 Å². The molecule has 0 aromatic carbocycles. The zero-order valence-corrected chi connectivity index (χ0v) is 12.3. The molecule has 114 valence electrons. The molecule has 1 fully saturated rings. The van der Waals surface area contributed by atoms with Crippen LogP contribution in [0.4, 0.5) is 5.82 Å². The van der Waals surface area contributed by atoms with Gasteiger partial charge in [0.2, 0.25) is 5.91 Å². The molecule has 0 radical (unpaired) electrons. The quantitative estimate of drug-likeness (QED) is 0.850. The van der Waals surface area contributed by atoms with Crippen LogP contribution in [0.5, 0.6) is 0 Å². The first kappa shape index (κ1) is 15.2. The molecule has 2 N–H and O–H groups in total. The van der Waals surface area contributed by atoms with Crippen molar-refractivity contribution >= 4 is 17.7 Å². The number of carboxylic acid groups (broad SMARTS) is 1. The fourth-order valence-electron chi connectivity index (χ4n) is 2.62. The third-order valence-electron chi connectivity index (χ3n) is 3.58. The van der Waals surface area contributed by atoms with Crippen molar-refractivity contribution < 1.29 is 14.7 Å². The van der Waals surface area contributed by atoms with Crippen LogP contribution in [-0.4, -0.2) is 45.4 Å². The third-order valence-corrected chi connectivity index (χ3v) is 3.58. The maximum Gasteiger partial charge on any atom is 0.303 e. The summed E-state index contributed by atoms with van der Waals surface area (Å²) in [4.78, 5) is 33.2. The molecule has 21 heavy (non-hydrogen) atoms.